The fourth-order valence-corrected chi connectivity index (χ4v) is 2.97. The van der Waals surface area contributed by atoms with E-state index < -0.39 is 15.6 Å². The molecule has 0 saturated heterocycles. The van der Waals surface area contributed by atoms with Gasteiger partial charge in [-0.3, -0.25) is 4.79 Å². The van der Waals surface area contributed by atoms with Gasteiger partial charge in [0.05, 0.1) is 10.4 Å². The fourth-order valence-electron chi connectivity index (χ4n) is 2.10. The second-order valence-corrected chi connectivity index (χ2v) is 6.87. The molecule has 0 saturated carbocycles. The molecule has 0 aliphatic rings. The number of amides is 1. The number of nitrogens with two attached hydrogens (primary N) is 2. The molecule has 1 amide bonds. The van der Waals surface area contributed by atoms with E-state index in [0.717, 1.165) is 6.42 Å². The highest BCUT2D eigenvalue weighted by Gasteiger charge is 2.27. The molecule has 1 rings (SSSR count). The summed E-state index contributed by atoms with van der Waals surface area (Å²) in [6.45, 7) is 5.42. The van der Waals surface area contributed by atoms with Crippen LogP contribution in [0.4, 0.5) is 5.69 Å². The Morgan fingerprint density at radius 3 is 2.43 bits per heavy atom. The topological polar surface area (TPSA) is 115 Å². The highest BCUT2D eigenvalue weighted by Crippen LogP contribution is 2.21. The summed E-state index contributed by atoms with van der Waals surface area (Å²) in [5.74, 6) is -0.353. The Hall–Kier alpha value is -1.44. The molecule has 0 heterocycles. The zero-order chi connectivity index (χ0) is 16.3. The van der Waals surface area contributed by atoms with Gasteiger partial charge in [0.1, 0.15) is 0 Å². The van der Waals surface area contributed by atoms with E-state index in [0.29, 0.717) is 24.1 Å². The highest BCUT2D eigenvalue weighted by atomic mass is 32.2. The van der Waals surface area contributed by atoms with Crippen LogP contribution in [0.1, 0.15) is 39.2 Å². The number of hydrogen-bond acceptors (Lipinski definition) is 4. The van der Waals surface area contributed by atoms with Gasteiger partial charge in [-0.2, -0.15) is 0 Å². The lowest BCUT2D eigenvalue weighted by atomic mass is 9.96. The summed E-state index contributed by atoms with van der Waals surface area (Å²) in [5, 5.41) is 7.85. The van der Waals surface area contributed by atoms with E-state index in [1.54, 1.807) is 19.1 Å². The van der Waals surface area contributed by atoms with E-state index in [9.17, 15) is 13.2 Å². The molecule has 0 radical (unpaired) electrons. The Morgan fingerprint density at radius 2 is 1.95 bits per heavy atom. The average molecular weight is 313 g/mol. The molecule has 1 aromatic rings. The second kappa shape index (κ2) is 6.55. The third-order valence-electron chi connectivity index (χ3n) is 3.30. The maximum absolute atomic E-state index is 12.1. The van der Waals surface area contributed by atoms with Crippen molar-refractivity contribution in [1.82, 2.24) is 0 Å². The molecule has 0 bridgehead atoms. The van der Waals surface area contributed by atoms with Crippen molar-refractivity contribution in [3.63, 3.8) is 0 Å². The van der Waals surface area contributed by atoms with Crippen LogP contribution in [0.15, 0.2) is 23.1 Å². The summed E-state index contributed by atoms with van der Waals surface area (Å²) in [4.78, 5) is 12.1. The second-order valence-electron chi connectivity index (χ2n) is 5.34. The van der Waals surface area contributed by atoms with E-state index >= 15 is 0 Å². The standard InChI is InChI=1S/C14H23N3O3S/c1-4-8-14(3,15)13(18)17-11-7-6-10(5-2)12(9-11)21(16,19)20/h6-7,9H,4-5,8,15H2,1-3H3,(H,17,18)(H2,16,19,20). The Balaban J connectivity index is 3.09. The molecule has 1 aromatic carbocycles. The summed E-state index contributed by atoms with van der Waals surface area (Å²) < 4.78 is 23.2. The Bertz CT molecular complexity index is 624. The average Bonchev–Trinajstić information content (AvgIpc) is 2.37. The van der Waals surface area contributed by atoms with Gasteiger partial charge >= 0.3 is 0 Å². The smallest absolute Gasteiger partial charge is 0.244 e. The van der Waals surface area contributed by atoms with E-state index in [4.69, 9.17) is 10.9 Å². The van der Waals surface area contributed by atoms with Gasteiger partial charge < -0.3 is 11.1 Å². The fraction of sp³-hybridized carbons (Fsp3) is 0.500. The summed E-state index contributed by atoms with van der Waals surface area (Å²) >= 11 is 0. The van der Waals surface area contributed by atoms with Gasteiger partial charge in [0.15, 0.2) is 0 Å². The SMILES string of the molecule is CCCC(C)(N)C(=O)Nc1ccc(CC)c(S(N)(=O)=O)c1. The maximum atomic E-state index is 12.1. The van der Waals surface area contributed by atoms with Crippen LogP contribution in [0.25, 0.3) is 0 Å². The Labute approximate surface area is 126 Å². The van der Waals surface area contributed by atoms with Gasteiger partial charge in [-0.15, -0.1) is 0 Å². The van der Waals surface area contributed by atoms with Crippen LogP contribution in [0, 0.1) is 0 Å². The lowest BCUT2D eigenvalue weighted by molar-refractivity contribution is -0.120. The van der Waals surface area contributed by atoms with Gasteiger partial charge in [-0.1, -0.05) is 26.3 Å². The summed E-state index contributed by atoms with van der Waals surface area (Å²) in [6.07, 6.45) is 1.84. The number of nitrogens with one attached hydrogen (secondary N) is 1. The number of carbonyl (C=O) groups excluding carboxylic acids is 1. The van der Waals surface area contributed by atoms with E-state index in [2.05, 4.69) is 5.32 Å². The molecule has 5 N–H and O–H groups in total. The van der Waals surface area contributed by atoms with E-state index in [1.807, 2.05) is 13.8 Å². The van der Waals surface area contributed by atoms with Crippen molar-refractivity contribution in [2.75, 3.05) is 5.32 Å². The first-order chi connectivity index (χ1) is 9.61. The third-order valence-corrected chi connectivity index (χ3v) is 4.29. The zero-order valence-corrected chi connectivity index (χ0v) is 13.5. The number of sulfonamides is 1. The first-order valence-corrected chi connectivity index (χ1v) is 8.42. The number of rotatable bonds is 6. The lowest BCUT2D eigenvalue weighted by Gasteiger charge is -2.23. The number of primary sulfonamides is 1. The van der Waals surface area contributed by atoms with Gasteiger partial charge in [-0.25, -0.2) is 13.6 Å². The molecule has 0 aromatic heterocycles. The quantitative estimate of drug-likeness (QED) is 0.735. The lowest BCUT2D eigenvalue weighted by Crippen LogP contribution is -2.48. The number of benzene rings is 1. The van der Waals surface area contributed by atoms with Crippen molar-refractivity contribution < 1.29 is 13.2 Å². The predicted molar refractivity (Wildman–Crippen MR) is 83.3 cm³/mol. The molecular formula is C14H23N3O3S. The van der Waals surface area contributed by atoms with Gasteiger partial charge in [0, 0.05) is 5.69 Å². The van der Waals surface area contributed by atoms with Crippen molar-refractivity contribution in [2.45, 2.75) is 50.5 Å². The minimum Gasteiger partial charge on any atom is -0.324 e. The largest absolute Gasteiger partial charge is 0.324 e. The van der Waals surface area contributed by atoms with Crippen LogP contribution in [0.5, 0.6) is 0 Å². The van der Waals surface area contributed by atoms with Crippen LogP contribution >= 0.6 is 0 Å². The first kappa shape index (κ1) is 17.6. The molecular weight excluding hydrogens is 290 g/mol. The van der Waals surface area contributed by atoms with Gasteiger partial charge in [0.2, 0.25) is 15.9 Å². The van der Waals surface area contributed by atoms with E-state index in [1.165, 1.54) is 6.07 Å². The van der Waals surface area contributed by atoms with Gasteiger partial charge in [0.25, 0.3) is 0 Å². The molecule has 21 heavy (non-hydrogen) atoms. The summed E-state index contributed by atoms with van der Waals surface area (Å²) in [5.41, 5.74) is 5.92. The van der Waals surface area contributed by atoms with Crippen molar-refractivity contribution >= 4 is 21.6 Å². The molecule has 1 unspecified atom stereocenters. The van der Waals surface area contributed by atoms with Crippen molar-refractivity contribution in [3.05, 3.63) is 23.8 Å². The normalized spacial score (nSPS) is 14.5. The third kappa shape index (κ3) is 4.52. The molecule has 118 valence electrons. The van der Waals surface area contributed by atoms with Crippen LogP contribution in [-0.4, -0.2) is 19.9 Å². The van der Waals surface area contributed by atoms with Crippen LogP contribution in [-0.2, 0) is 21.2 Å². The predicted octanol–water partition coefficient (Wildman–Crippen LogP) is 1.35. The first-order valence-electron chi connectivity index (χ1n) is 6.88. The van der Waals surface area contributed by atoms with Crippen molar-refractivity contribution in [1.29, 1.82) is 0 Å². The molecule has 0 fully saturated rings. The van der Waals surface area contributed by atoms with Crippen LogP contribution < -0.4 is 16.2 Å². The number of anilines is 1. The molecule has 1 atom stereocenters. The van der Waals surface area contributed by atoms with E-state index in [-0.39, 0.29) is 10.8 Å². The van der Waals surface area contributed by atoms with Crippen LogP contribution in [0.3, 0.4) is 0 Å². The molecule has 0 aliphatic carbocycles. The number of hydrogen-bond donors (Lipinski definition) is 3. The minimum atomic E-state index is -3.83. The van der Waals surface area contributed by atoms with Crippen molar-refractivity contribution in [3.8, 4) is 0 Å². The van der Waals surface area contributed by atoms with Crippen LogP contribution in [0.2, 0.25) is 0 Å². The molecule has 7 heteroatoms. The number of carbonyl (C=O) groups is 1. The van der Waals surface area contributed by atoms with Gasteiger partial charge in [-0.05, 0) is 37.5 Å². The Kier molecular flexibility index (Phi) is 5.49. The molecule has 6 nitrogen and oxygen atoms in total. The number of aryl methyl sites for hydroxylation is 1. The monoisotopic (exact) mass is 313 g/mol. The highest BCUT2D eigenvalue weighted by molar-refractivity contribution is 7.89. The molecule has 0 aliphatic heterocycles. The molecule has 0 spiro atoms. The Morgan fingerprint density at radius 1 is 1.33 bits per heavy atom. The van der Waals surface area contributed by atoms with Crippen molar-refractivity contribution in [2.24, 2.45) is 10.9 Å². The maximum Gasteiger partial charge on any atom is 0.244 e. The zero-order valence-electron chi connectivity index (χ0n) is 12.6. The summed E-state index contributed by atoms with van der Waals surface area (Å²) in [6, 6.07) is 4.66. The minimum absolute atomic E-state index is 0.0250. The summed E-state index contributed by atoms with van der Waals surface area (Å²) in [7, 11) is -3.83.